The molecule has 2 aromatic carbocycles. The largest absolute Gasteiger partial charge is 0.460 e. The molecule has 0 saturated carbocycles. The third-order valence-corrected chi connectivity index (χ3v) is 3.96. The van der Waals surface area contributed by atoms with Gasteiger partial charge in [-0.1, -0.05) is 41.5 Å². The summed E-state index contributed by atoms with van der Waals surface area (Å²) < 4.78 is 6.04. The SMILES string of the molecule is CC(=O)CCc1oc2ccc(C)cc2c1-c1ccc(C)cc1. The molecule has 0 bridgehead atoms. The zero-order valence-electron chi connectivity index (χ0n) is 13.3. The minimum Gasteiger partial charge on any atom is -0.460 e. The van der Waals surface area contributed by atoms with E-state index < -0.39 is 0 Å². The number of Topliss-reactive ketones (excluding diaryl/α,β-unsaturated/α-hetero) is 1. The van der Waals surface area contributed by atoms with E-state index in [0.717, 1.165) is 27.9 Å². The monoisotopic (exact) mass is 292 g/mol. The van der Waals surface area contributed by atoms with E-state index in [9.17, 15) is 4.79 Å². The first kappa shape index (κ1) is 14.6. The summed E-state index contributed by atoms with van der Waals surface area (Å²) in [4.78, 5) is 11.3. The van der Waals surface area contributed by atoms with E-state index in [1.54, 1.807) is 6.92 Å². The normalized spacial score (nSPS) is 11.0. The van der Waals surface area contributed by atoms with Gasteiger partial charge in [-0.3, -0.25) is 0 Å². The Morgan fingerprint density at radius 2 is 1.68 bits per heavy atom. The highest BCUT2D eigenvalue weighted by Gasteiger charge is 2.16. The van der Waals surface area contributed by atoms with Crippen molar-refractivity contribution in [3.05, 3.63) is 59.4 Å². The van der Waals surface area contributed by atoms with Gasteiger partial charge in [0.05, 0.1) is 0 Å². The Labute approximate surface area is 130 Å². The lowest BCUT2D eigenvalue weighted by atomic mass is 9.98. The van der Waals surface area contributed by atoms with Gasteiger partial charge < -0.3 is 9.21 Å². The van der Waals surface area contributed by atoms with E-state index in [1.807, 2.05) is 6.07 Å². The second kappa shape index (κ2) is 5.80. The Kier molecular flexibility index (Phi) is 3.84. The maximum atomic E-state index is 11.3. The van der Waals surface area contributed by atoms with Crippen LogP contribution in [0.4, 0.5) is 0 Å². The highest BCUT2D eigenvalue weighted by molar-refractivity contribution is 5.96. The molecular formula is C20H20O2. The van der Waals surface area contributed by atoms with E-state index in [2.05, 4.69) is 50.2 Å². The van der Waals surface area contributed by atoms with Crippen molar-refractivity contribution in [2.75, 3.05) is 0 Å². The molecule has 2 nitrogen and oxygen atoms in total. The van der Waals surface area contributed by atoms with Crippen LogP contribution in [0, 0.1) is 13.8 Å². The second-order valence-electron chi connectivity index (χ2n) is 5.97. The smallest absolute Gasteiger partial charge is 0.134 e. The zero-order chi connectivity index (χ0) is 15.7. The lowest BCUT2D eigenvalue weighted by molar-refractivity contribution is -0.117. The molecule has 1 heterocycles. The van der Waals surface area contributed by atoms with Crippen molar-refractivity contribution < 1.29 is 9.21 Å². The van der Waals surface area contributed by atoms with Gasteiger partial charge in [0.2, 0.25) is 0 Å². The van der Waals surface area contributed by atoms with Crippen LogP contribution in [0.5, 0.6) is 0 Å². The van der Waals surface area contributed by atoms with E-state index in [1.165, 1.54) is 11.1 Å². The second-order valence-corrected chi connectivity index (χ2v) is 5.97. The first-order valence-corrected chi connectivity index (χ1v) is 7.63. The summed E-state index contributed by atoms with van der Waals surface area (Å²) in [6.45, 7) is 5.79. The number of hydrogen-bond acceptors (Lipinski definition) is 2. The molecule has 0 amide bonds. The van der Waals surface area contributed by atoms with Crippen LogP contribution in [0.25, 0.3) is 22.1 Å². The fraction of sp³-hybridized carbons (Fsp3) is 0.250. The third-order valence-electron chi connectivity index (χ3n) is 3.96. The summed E-state index contributed by atoms with van der Waals surface area (Å²) in [5, 5.41) is 1.13. The van der Waals surface area contributed by atoms with Crippen molar-refractivity contribution in [1.29, 1.82) is 0 Å². The van der Waals surface area contributed by atoms with Gasteiger partial charge in [0.15, 0.2) is 0 Å². The van der Waals surface area contributed by atoms with Gasteiger partial charge in [-0.15, -0.1) is 0 Å². The predicted molar refractivity (Wildman–Crippen MR) is 90.1 cm³/mol. The van der Waals surface area contributed by atoms with Crippen molar-refractivity contribution in [1.82, 2.24) is 0 Å². The highest BCUT2D eigenvalue weighted by atomic mass is 16.3. The number of carbonyl (C=O) groups is 1. The van der Waals surface area contributed by atoms with Crippen molar-refractivity contribution in [2.24, 2.45) is 0 Å². The number of fused-ring (bicyclic) bond motifs is 1. The molecule has 0 aliphatic carbocycles. The van der Waals surface area contributed by atoms with Crippen LogP contribution in [0.1, 0.15) is 30.2 Å². The van der Waals surface area contributed by atoms with Crippen molar-refractivity contribution in [3.63, 3.8) is 0 Å². The fourth-order valence-electron chi connectivity index (χ4n) is 2.76. The minimum absolute atomic E-state index is 0.187. The highest BCUT2D eigenvalue weighted by Crippen LogP contribution is 2.36. The number of carbonyl (C=O) groups excluding carboxylic acids is 1. The molecule has 0 aliphatic heterocycles. The van der Waals surface area contributed by atoms with Crippen molar-refractivity contribution >= 4 is 16.8 Å². The summed E-state index contributed by atoms with van der Waals surface area (Å²) in [6.07, 6.45) is 1.16. The van der Waals surface area contributed by atoms with Crippen LogP contribution in [0.3, 0.4) is 0 Å². The van der Waals surface area contributed by atoms with Crippen LogP contribution in [0.15, 0.2) is 46.9 Å². The topological polar surface area (TPSA) is 30.2 Å². The molecule has 1 aromatic heterocycles. The predicted octanol–water partition coefficient (Wildman–Crippen LogP) is 5.24. The molecular weight excluding hydrogens is 272 g/mol. The van der Waals surface area contributed by atoms with E-state index >= 15 is 0 Å². The van der Waals surface area contributed by atoms with Crippen LogP contribution < -0.4 is 0 Å². The molecule has 0 aliphatic rings. The maximum Gasteiger partial charge on any atom is 0.134 e. The van der Waals surface area contributed by atoms with Crippen molar-refractivity contribution in [2.45, 2.75) is 33.6 Å². The Morgan fingerprint density at radius 3 is 2.36 bits per heavy atom. The summed E-state index contributed by atoms with van der Waals surface area (Å²) in [6, 6.07) is 14.7. The number of hydrogen-bond donors (Lipinski definition) is 0. The average molecular weight is 292 g/mol. The molecule has 0 N–H and O–H groups in total. The van der Waals surface area contributed by atoms with Gasteiger partial charge in [-0.05, 0) is 38.5 Å². The van der Waals surface area contributed by atoms with Gasteiger partial charge >= 0.3 is 0 Å². The average Bonchev–Trinajstić information content (AvgIpc) is 2.83. The van der Waals surface area contributed by atoms with Crippen LogP contribution in [-0.4, -0.2) is 5.78 Å². The van der Waals surface area contributed by atoms with Crippen LogP contribution >= 0.6 is 0 Å². The molecule has 0 atom stereocenters. The van der Waals surface area contributed by atoms with E-state index in [4.69, 9.17) is 4.42 Å². The molecule has 0 fully saturated rings. The summed E-state index contributed by atoms with van der Waals surface area (Å²) in [7, 11) is 0. The van der Waals surface area contributed by atoms with E-state index in [0.29, 0.717) is 12.8 Å². The van der Waals surface area contributed by atoms with Gasteiger partial charge in [-0.25, -0.2) is 0 Å². The first-order valence-electron chi connectivity index (χ1n) is 7.63. The first-order chi connectivity index (χ1) is 10.5. The quantitative estimate of drug-likeness (QED) is 0.658. The molecule has 112 valence electrons. The van der Waals surface area contributed by atoms with Gasteiger partial charge in [0.1, 0.15) is 17.1 Å². The molecule has 22 heavy (non-hydrogen) atoms. The molecule has 0 spiro atoms. The number of furan rings is 1. The molecule has 0 radical (unpaired) electrons. The molecule has 0 unspecified atom stereocenters. The van der Waals surface area contributed by atoms with E-state index in [-0.39, 0.29) is 5.78 Å². The van der Waals surface area contributed by atoms with Crippen LogP contribution in [0.2, 0.25) is 0 Å². The minimum atomic E-state index is 0.187. The summed E-state index contributed by atoms with van der Waals surface area (Å²) >= 11 is 0. The molecule has 3 rings (SSSR count). The Bertz CT molecular complexity index is 823. The Morgan fingerprint density at radius 1 is 1.00 bits per heavy atom. The van der Waals surface area contributed by atoms with Gasteiger partial charge in [0.25, 0.3) is 0 Å². The number of aryl methyl sites for hydroxylation is 3. The molecule has 2 heteroatoms. The summed E-state index contributed by atoms with van der Waals surface area (Å²) in [5.41, 5.74) is 5.60. The number of rotatable bonds is 4. The lowest BCUT2D eigenvalue weighted by Gasteiger charge is -2.04. The standard InChI is InChI=1S/C20H20O2/c1-13-4-8-16(9-5-13)20-17-12-14(2)6-10-18(17)22-19(20)11-7-15(3)21/h4-6,8-10,12H,7,11H2,1-3H3. The molecule has 0 saturated heterocycles. The molecule has 3 aromatic rings. The van der Waals surface area contributed by atoms with Crippen molar-refractivity contribution in [3.8, 4) is 11.1 Å². The lowest BCUT2D eigenvalue weighted by Crippen LogP contribution is -1.94. The summed E-state index contributed by atoms with van der Waals surface area (Å²) in [5.74, 6) is 1.09. The Hall–Kier alpha value is -2.35. The third kappa shape index (κ3) is 2.82. The Balaban J connectivity index is 2.18. The van der Waals surface area contributed by atoms with Crippen LogP contribution in [-0.2, 0) is 11.2 Å². The number of benzene rings is 2. The maximum absolute atomic E-state index is 11.3. The van der Waals surface area contributed by atoms with Gasteiger partial charge in [-0.2, -0.15) is 0 Å². The van der Waals surface area contributed by atoms with Gasteiger partial charge in [0, 0.05) is 23.8 Å². The number of ketones is 1. The fourth-order valence-corrected chi connectivity index (χ4v) is 2.76. The zero-order valence-corrected chi connectivity index (χ0v) is 13.3.